The van der Waals surface area contributed by atoms with Crippen molar-refractivity contribution in [3.05, 3.63) is 52.8 Å². The number of carbonyl (C=O) groups is 1. The van der Waals surface area contributed by atoms with Crippen LogP contribution in [0.2, 0.25) is 0 Å². The molecule has 1 aliphatic heterocycles. The largest absolute Gasteiger partial charge is 0.379 e. The molecule has 138 valence electrons. The molecule has 3 rings (SSSR count). The smallest absolute Gasteiger partial charge is 0.309 e. The Morgan fingerprint density at radius 1 is 1.41 bits per heavy atom. The molecule has 0 fully saturated rings. The molecule has 0 radical (unpaired) electrons. The van der Waals surface area contributed by atoms with E-state index in [1.165, 1.54) is 36.3 Å². The average Bonchev–Trinajstić information content (AvgIpc) is 2.64. The number of benzene rings is 1. The number of thioether (sulfide) groups is 1. The maximum atomic E-state index is 14.4. The van der Waals surface area contributed by atoms with E-state index < -0.39 is 17.3 Å². The van der Waals surface area contributed by atoms with Crippen LogP contribution in [0.3, 0.4) is 0 Å². The first-order chi connectivity index (χ1) is 12.9. The van der Waals surface area contributed by atoms with Gasteiger partial charge in [0.1, 0.15) is 11.5 Å². The normalized spacial score (nSPS) is 18.9. The summed E-state index contributed by atoms with van der Waals surface area (Å²) < 4.78 is 14.4. The van der Waals surface area contributed by atoms with Crippen molar-refractivity contribution in [3.8, 4) is 0 Å². The number of halogens is 1. The number of nitrogens with one attached hydrogen (secondary N) is 2. The third kappa shape index (κ3) is 4.12. The molecule has 0 saturated carbocycles. The number of hydrogen-bond acceptors (Lipinski definition) is 8. The Labute approximate surface area is 158 Å². The zero-order valence-corrected chi connectivity index (χ0v) is 15.1. The minimum absolute atomic E-state index is 0.0481. The summed E-state index contributed by atoms with van der Waals surface area (Å²) in [6, 6.07) is 4.29. The molecule has 0 spiro atoms. The van der Waals surface area contributed by atoms with Gasteiger partial charge in [-0.25, -0.2) is 14.4 Å². The maximum absolute atomic E-state index is 14.4. The van der Waals surface area contributed by atoms with Crippen molar-refractivity contribution < 1.29 is 9.18 Å². The molecule has 1 aromatic heterocycles. The van der Waals surface area contributed by atoms with Gasteiger partial charge in [-0.15, -0.1) is 0 Å². The Kier molecular flexibility index (Phi) is 5.18. The van der Waals surface area contributed by atoms with Gasteiger partial charge in [0.25, 0.3) is 11.3 Å². The van der Waals surface area contributed by atoms with Crippen molar-refractivity contribution in [1.29, 1.82) is 5.39 Å². The van der Waals surface area contributed by atoms with Crippen LogP contribution in [0.15, 0.2) is 35.6 Å². The molecular formula is C16H16FN8OS+. The van der Waals surface area contributed by atoms with Crippen molar-refractivity contribution in [1.82, 2.24) is 9.97 Å². The summed E-state index contributed by atoms with van der Waals surface area (Å²) in [5.74, 6) is -0.0173. The summed E-state index contributed by atoms with van der Waals surface area (Å²) in [6.07, 6.45) is 3.09. The predicted molar refractivity (Wildman–Crippen MR) is 101 cm³/mol. The van der Waals surface area contributed by atoms with Gasteiger partial charge in [0, 0.05) is 22.4 Å². The lowest BCUT2D eigenvalue weighted by Crippen LogP contribution is -2.29. The standard InChI is InChI=1S/C16H15FN8OS/c1-16(4-5-27-15(18)23-16)10-6-9(2-3-11(10)17)22-14(26)12-7-21-13(8-20-12)24-25-19/h2-3,6-8H,4-5H2,1H3,(H3-,18,21,22,23,24,26)/p+1/t16-/m0/s1. The second kappa shape index (κ2) is 7.55. The first kappa shape index (κ1) is 18.5. The van der Waals surface area contributed by atoms with Crippen molar-refractivity contribution >= 4 is 34.3 Å². The molecule has 0 bridgehead atoms. The van der Waals surface area contributed by atoms with Gasteiger partial charge in [-0.2, -0.15) is 0 Å². The summed E-state index contributed by atoms with van der Waals surface area (Å²) in [5.41, 5.74) is 8.01. The molecule has 1 aromatic carbocycles. The molecule has 9 nitrogen and oxygen atoms in total. The van der Waals surface area contributed by atoms with Crippen LogP contribution in [0.1, 0.15) is 29.4 Å². The highest BCUT2D eigenvalue weighted by Crippen LogP contribution is 2.37. The van der Waals surface area contributed by atoms with Gasteiger partial charge in [0.2, 0.25) is 5.82 Å². The van der Waals surface area contributed by atoms with Crippen LogP contribution in [0, 0.1) is 11.2 Å². The molecule has 11 heteroatoms. The van der Waals surface area contributed by atoms with Gasteiger partial charge < -0.3 is 11.1 Å². The number of nitrogens with two attached hydrogens (primary N) is 1. The number of nitrogens with zero attached hydrogens (tertiary/aromatic N) is 5. The van der Waals surface area contributed by atoms with Crippen molar-refractivity contribution in [2.24, 2.45) is 10.7 Å². The SMILES string of the molecule is C[C@@]1(c2cc(NC(=O)c3cnc(N[N+]#N)cn3)ccc2F)CCSC(N)=N1. The Morgan fingerprint density at radius 2 is 2.22 bits per heavy atom. The van der Waals surface area contributed by atoms with E-state index in [4.69, 9.17) is 11.1 Å². The van der Waals surface area contributed by atoms with Crippen LogP contribution in [0.4, 0.5) is 15.9 Å². The van der Waals surface area contributed by atoms with Crippen LogP contribution in [-0.4, -0.2) is 26.8 Å². The Morgan fingerprint density at radius 3 is 2.89 bits per heavy atom. The molecule has 2 heterocycles. The summed E-state index contributed by atoms with van der Waals surface area (Å²) in [7, 11) is 0. The number of anilines is 2. The Hall–Kier alpha value is -3.26. The highest BCUT2D eigenvalue weighted by atomic mass is 32.2. The average molecular weight is 387 g/mol. The predicted octanol–water partition coefficient (Wildman–Crippen LogP) is 2.71. The molecule has 27 heavy (non-hydrogen) atoms. The lowest BCUT2D eigenvalue weighted by Gasteiger charge is -2.30. The minimum Gasteiger partial charge on any atom is -0.379 e. The van der Waals surface area contributed by atoms with Gasteiger partial charge in [-0.1, -0.05) is 11.8 Å². The Bertz CT molecular complexity index is 942. The summed E-state index contributed by atoms with van der Waals surface area (Å²) in [4.78, 5) is 24.5. The van der Waals surface area contributed by atoms with Gasteiger partial charge >= 0.3 is 5.08 Å². The highest BCUT2D eigenvalue weighted by Gasteiger charge is 2.32. The molecule has 0 saturated heterocycles. The molecule has 1 aliphatic rings. The van der Waals surface area contributed by atoms with E-state index in [2.05, 4.69) is 30.8 Å². The maximum Gasteiger partial charge on any atom is 0.309 e. The van der Waals surface area contributed by atoms with Crippen LogP contribution in [0.5, 0.6) is 0 Å². The van der Waals surface area contributed by atoms with Gasteiger partial charge in [0.05, 0.1) is 17.9 Å². The fourth-order valence-corrected chi connectivity index (χ4v) is 3.62. The number of aromatic nitrogens is 2. The van der Waals surface area contributed by atoms with Gasteiger partial charge in [-0.05, 0) is 31.5 Å². The first-order valence-corrected chi connectivity index (χ1v) is 8.91. The van der Waals surface area contributed by atoms with Crippen LogP contribution in [-0.2, 0) is 5.54 Å². The number of amides is 1. The topological polar surface area (TPSA) is 133 Å². The number of diazo groups is 1. The van der Waals surface area contributed by atoms with E-state index in [-0.39, 0.29) is 11.5 Å². The Balaban J connectivity index is 1.83. The van der Waals surface area contributed by atoms with Gasteiger partial charge in [0.15, 0.2) is 5.17 Å². The van der Waals surface area contributed by atoms with Crippen LogP contribution >= 0.6 is 11.8 Å². The molecule has 0 aliphatic carbocycles. The zero-order chi connectivity index (χ0) is 19.4. The monoisotopic (exact) mass is 387 g/mol. The number of amidine groups is 1. The highest BCUT2D eigenvalue weighted by molar-refractivity contribution is 8.13. The van der Waals surface area contributed by atoms with E-state index in [0.29, 0.717) is 22.8 Å². The third-order valence-corrected chi connectivity index (χ3v) is 4.84. The van der Waals surface area contributed by atoms with E-state index in [1.807, 2.05) is 6.92 Å². The molecule has 2 aromatic rings. The van der Waals surface area contributed by atoms with Gasteiger partial charge in [-0.3, -0.25) is 9.79 Å². The van der Waals surface area contributed by atoms with Crippen molar-refractivity contribution in [2.45, 2.75) is 18.9 Å². The summed E-state index contributed by atoms with van der Waals surface area (Å²) in [5, 5.41) is 14.2. The lowest BCUT2D eigenvalue weighted by atomic mass is 9.89. The summed E-state index contributed by atoms with van der Waals surface area (Å²) >= 11 is 1.43. The van der Waals surface area contributed by atoms with E-state index in [9.17, 15) is 9.18 Å². The second-order valence-corrected chi connectivity index (χ2v) is 7.08. The second-order valence-electron chi connectivity index (χ2n) is 5.97. The fraction of sp³-hybridized carbons (Fsp3) is 0.250. The quantitative estimate of drug-likeness (QED) is 0.542. The zero-order valence-electron chi connectivity index (χ0n) is 14.3. The van der Waals surface area contributed by atoms with E-state index >= 15 is 0 Å². The lowest BCUT2D eigenvalue weighted by molar-refractivity contribution is 0.102. The fourth-order valence-electron chi connectivity index (χ4n) is 2.65. The number of aliphatic imine (C=N–C) groups is 1. The summed E-state index contributed by atoms with van der Waals surface area (Å²) in [6.45, 7) is 1.81. The number of hydrogen-bond donors (Lipinski definition) is 3. The first-order valence-electron chi connectivity index (χ1n) is 7.93. The third-order valence-electron chi connectivity index (χ3n) is 4.05. The molecule has 1 amide bonds. The van der Waals surface area contributed by atoms with Crippen LogP contribution < -0.4 is 16.5 Å². The number of rotatable bonds is 4. The molecular weight excluding hydrogens is 371 g/mol. The minimum atomic E-state index is -0.791. The molecule has 0 unspecified atom stereocenters. The molecule has 1 atom stereocenters. The van der Waals surface area contributed by atoms with Crippen molar-refractivity contribution in [2.75, 3.05) is 16.5 Å². The van der Waals surface area contributed by atoms with E-state index in [0.717, 1.165) is 5.75 Å². The number of carbonyl (C=O) groups excluding carboxylic acids is 1. The van der Waals surface area contributed by atoms with Crippen LogP contribution in [0.25, 0.3) is 5.08 Å². The van der Waals surface area contributed by atoms with E-state index in [1.54, 1.807) is 6.07 Å². The molecule has 4 N–H and O–H groups in total. The van der Waals surface area contributed by atoms with Crippen molar-refractivity contribution in [3.63, 3.8) is 0 Å².